The number of hydrogen-bond donors (Lipinski definition) is 1. The number of nitrogens with zero attached hydrogens (tertiary/aromatic N) is 3. The molecule has 0 radical (unpaired) electrons. The van der Waals surface area contributed by atoms with Crippen molar-refractivity contribution in [2.75, 3.05) is 10.6 Å². The van der Waals surface area contributed by atoms with Gasteiger partial charge in [-0.2, -0.15) is 0 Å². The van der Waals surface area contributed by atoms with Crippen molar-refractivity contribution < 1.29 is 13.2 Å². The second-order valence-electron chi connectivity index (χ2n) is 8.14. The summed E-state index contributed by atoms with van der Waals surface area (Å²) in [5, 5.41) is 3.49. The standard InChI is InChI=1S/C26H25ClN4O3S/c1-19-28-15-16-30(19)24-11-5-20(6-12-24)17-29-26(32)22-7-13-25(14-8-22)31(35(2,33)34)18-21-3-9-23(27)10-4-21/h3-16H,17-18H2,1-2H3,(H,29,32). The van der Waals surface area contributed by atoms with Gasteiger partial charge in [-0.25, -0.2) is 13.4 Å². The van der Waals surface area contributed by atoms with Gasteiger partial charge in [-0.05, 0) is 66.6 Å². The number of carbonyl (C=O) groups excluding carboxylic acids is 1. The number of amides is 1. The van der Waals surface area contributed by atoms with Gasteiger partial charge in [0.1, 0.15) is 5.82 Å². The molecule has 3 aromatic carbocycles. The van der Waals surface area contributed by atoms with E-state index in [-0.39, 0.29) is 12.5 Å². The molecule has 9 heteroatoms. The molecule has 0 aliphatic carbocycles. The number of imidazole rings is 1. The highest BCUT2D eigenvalue weighted by Crippen LogP contribution is 2.22. The number of aryl methyl sites for hydroxylation is 1. The Hall–Kier alpha value is -3.62. The van der Waals surface area contributed by atoms with Gasteiger partial charge in [-0.15, -0.1) is 0 Å². The smallest absolute Gasteiger partial charge is 0.251 e. The number of carbonyl (C=O) groups is 1. The van der Waals surface area contributed by atoms with E-state index >= 15 is 0 Å². The van der Waals surface area contributed by atoms with Crippen LogP contribution in [0.5, 0.6) is 0 Å². The molecule has 0 saturated heterocycles. The monoisotopic (exact) mass is 508 g/mol. The van der Waals surface area contributed by atoms with Gasteiger partial charge < -0.3 is 9.88 Å². The zero-order chi connectivity index (χ0) is 25.0. The Labute approximate surface area is 210 Å². The Morgan fingerprint density at radius 2 is 1.60 bits per heavy atom. The number of nitrogens with one attached hydrogen (secondary N) is 1. The molecule has 0 atom stereocenters. The minimum Gasteiger partial charge on any atom is -0.348 e. The van der Waals surface area contributed by atoms with Gasteiger partial charge in [-0.1, -0.05) is 35.9 Å². The molecule has 1 amide bonds. The fraction of sp³-hybridized carbons (Fsp3) is 0.154. The highest BCUT2D eigenvalue weighted by atomic mass is 35.5. The van der Waals surface area contributed by atoms with Crippen LogP contribution in [0.1, 0.15) is 27.3 Å². The summed E-state index contributed by atoms with van der Waals surface area (Å²) >= 11 is 5.93. The van der Waals surface area contributed by atoms with Gasteiger partial charge in [0.05, 0.1) is 18.5 Å². The maximum atomic E-state index is 12.6. The number of hydrogen-bond acceptors (Lipinski definition) is 4. The molecule has 4 aromatic rings. The first-order valence-corrected chi connectivity index (χ1v) is 13.1. The summed E-state index contributed by atoms with van der Waals surface area (Å²) in [7, 11) is -3.53. The van der Waals surface area contributed by atoms with Gasteiger partial charge in [0, 0.05) is 35.2 Å². The molecule has 0 spiro atoms. The van der Waals surface area contributed by atoms with Gasteiger partial charge in [0.25, 0.3) is 5.91 Å². The van der Waals surface area contributed by atoms with E-state index in [9.17, 15) is 13.2 Å². The maximum absolute atomic E-state index is 12.6. The topological polar surface area (TPSA) is 84.3 Å². The predicted molar refractivity (Wildman–Crippen MR) is 138 cm³/mol. The summed E-state index contributed by atoms with van der Waals surface area (Å²) in [6.45, 7) is 2.47. The molecule has 4 rings (SSSR count). The Morgan fingerprint density at radius 3 is 2.17 bits per heavy atom. The van der Waals surface area contributed by atoms with E-state index in [4.69, 9.17) is 11.6 Å². The second-order valence-corrected chi connectivity index (χ2v) is 10.5. The number of aromatic nitrogens is 2. The van der Waals surface area contributed by atoms with Crippen LogP contribution in [0.2, 0.25) is 5.02 Å². The number of rotatable bonds is 8. The van der Waals surface area contributed by atoms with Crippen LogP contribution in [0.25, 0.3) is 5.69 Å². The van der Waals surface area contributed by atoms with E-state index < -0.39 is 10.0 Å². The van der Waals surface area contributed by atoms with Crippen molar-refractivity contribution in [1.82, 2.24) is 14.9 Å². The highest BCUT2D eigenvalue weighted by molar-refractivity contribution is 7.92. The Bertz CT molecular complexity index is 1410. The number of halogens is 1. The summed E-state index contributed by atoms with van der Waals surface area (Å²) < 4.78 is 28.1. The predicted octanol–water partition coefficient (Wildman–Crippen LogP) is 4.73. The van der Waals surface area contributed by atoms with Crippen LogP contribution in [0.3, 0.4) is 0 Å². The van der Waals surface area contributed by atoms with Crippen LogP contribution in [-0.2, 0) is 23.1 Å². The summed E-state index contributed by atoms with van der Waals surface area (Å²) in [5.41, 5.74) is 3.68. The third-order valence-electron chi connectivity index (χ3n) is 5.55. The molecule has 1 N–H and O–H groups in total. The molecular weight excluding hydrogens is 484 g/mol. The van der Waals surface area contributed by atoms with Crippen molar-refractivity contribution in [1.29, 1.82) is 0 Å². The van der Waals surface area contributed by atoms with Crippen molar-refractivity contribution >= 4 is 33.2 Å². The van der Waals surface area contributed by atoms with Crippen LogP contribution in [0.4, 0.5) is 5.69 Å². The molecule has 0 unspecified atom stereocenters. The van der Waals surface area contributed by atoms with Crippen molar-refractivity contribution in [2.24, 2.45) is 0 Å². The zero-order valence-corrected chi connectivity index (χ0v) is 20.9. The normalized spacial score (nSPS) is 11.3. The van der Waals surface area contributed by atoms with E-state index in [0.29, 0.717) is 22.8 Å². The van der Waals surface area contributed by atoms with Gasteiger partial charge in [-0.3, -0.25) is 9.10 Å². The van der Waals surface area contributed by atoms with Crippen LogP contribution in [0.15, 0.2) is 85.2 Å². The fourth-order valence-electron chi connectivity index (χ4n) is 3.64. The molecular formula is C26H25ClN4O3S. The minimum absolute atomic E-state index is 0.163. The van der Waals surface area contributed by atoms with Crippen LogP contribution in [-0.4, -0.2) is 30.1 Å². The van der Waals surface area contributed by atoms with Gasteiger partial charge in [0.15, 0.2) is 0 Å². The first-order valence-electron chi connectivity index (χ1n) is 10.9. The molecule has 7 nitrogen and oxygen atoms in total. The third kappa shape index (κ3) is 6.09. The van der Waals surface area contributed by atoms with E-state index in [1.807, 2.05) is 42.0 Å². The lowest BCUT2D eigenvalue weighted by Crippen LogP contribution is -2.29. The molecule has 0 aliphatic heterocycles. The lowest BCUT2D eigenvalue weighted by atomic mass is 10.1. The first-order chi connectivity index (χ1) is 16.7. The highest BCUT2D eigenvalue weighted by Gasteiger charge is 2.18. The maximum Gasteiger partial charge on any atom is 0.251 e. The molecule has 0 fully saturated rings. The quantitative estimate of drug-likeness (QED) is 0.373. The zero-order valence-electron chi connectivity index (χ0n) is 19.3. The van der Waals surface area contributed by atoms with Crippen molar-refractivity contribution in [3.8, 4) is 5.69 Å². The third-order valence-corrected chi connectivity index (χ3v) is 6.94. The summed E-state index contributed by atoms with van der Waals surface area (Å²) in [4.78, 5) is 16.9. The molecule has 35 heavy (non-hydrogen) atoms. The Balaban J connectivity index is 1.41. The molecule has 0 aliphatic rings. The minimum atomic E-state index is -3.53. The SMILES string of the molecule is Cc1nccn1-c1ccc(CNC(=O)c2ccc(N(Cc3ccc(Cl)cc3)S(C)(=O)=O)cc2)cc1. The van der Waals surface area contributed by atoms with Crippen LogP contribution >= 0.6 is 11.6 Å². The number of benzene rings is 3. The van der Waals surface area contributed by atoms with Crippen molar-refractivity contribution in [3.63, 3.8) is 0 Å². The lowest BCUT2D eigenvalue weighted by molar-refractivity contribution is 0.0951. The van der Waals surface area contributed by atoms with Crippen LogP contribution in [0, 0.1) is 6.92 Å². The number of sulfonamides is 1. The van der Waals surface area contributed by atoms with E-state index in [1.54, 1.807) is 54.7 Å². The Morgan fingerprint density at radius 1 is 0.971 bits per heavy atom. The van der Waals surface area contributed by atoms with E-state index in [0.717, 1.165) is 28.9 Å². The number of anilines is 1. The molecule has 1 heterocycles. The Kier molecular flexibility index (Phi) is 7.23. The van der Waals surface area contributed by atoms with Gasteiger partial charge in [0.2, 0.25) is 10.0 Å². The molecule has 0 bridgehead atoms. The van der Waals surface area contributed by atoms with E-state index in [1.165, 1.54) is 4.31 Å². The fourth-order valence-corrected chi connectivity index (χ4v) is 4.66. The van der Waals surface area contributed by atoms with Crippen LogP contribution < -0.4 is 9.62 Å². The van der Waals surface area contributed by atoms with Crippen molar-refractivity contribution in [3.05, 3.63) is 113 Å². The van der Waals surface area contributed by atoms with Crippen molar-refractivity contribution in [2.45, 2.75) is 20.0 Å². The largest absolute Gasteiger partial charge is 0.348 e. The summed E-state index contributed by atoms with van der Waals surface area (Å²) in [5.74, 6) is 0.659. The average molecular weight is 509 g/mol. The summed E-state index contributed by atoms with van der Waals surface area (Å²) in [6.07, 6.45) is 4.81. The second kappa shape index (κ2) is 10.3. The molecule has 0 saturated carbocycles. The van der Waals surface area contributed by atoms with E-state index in [2.05, 4.69) is 10.3 Å². The molecule has 180 valence electrons. The first kappa shape index (κ1) is 24.5. The van der Waals surface area contributed by atoms with Gasteiger partial charge >= 0.3 is 0 Å². The lowest BCUT2D eigenvalue weighted by Gasteiger charge is -2.23. The average Bonchev–Trinajstić information content (AvgIpc) is 3.27. The molecule has 1 aromatic heterocycles. The summed E-state index contributed by atoms with van der Waals surface area (Å²) in [6, 6.07) is 21.4.